The second kappa shape index (κ2) is 71.3. The lowest BCUT2D eigenvalue weighted by Crippen LogP contribution is -2.30. The van der Waals surface area contributed by atoms with Gasteiger partial charge in [-0.25, -0.2) is 9.13 Å². The molecule has 2 unspecified atom stereocenters. The van der Waals surface area contributed by atoms with Gasteiger partial charge in [0.25, 0.3) is 0 Å². The lowest BCUT2D eigenvalue weighted by Gasteiger charge is -2.21. The van der Waals surface area contributed by atoms with Gasteiger partial charge in [0.05, 0.1) is 26.4 Å². The summed E-state index contributed by atoms with van der Waals surface area (Å²) in [5, 5.41) is 10.6. The normalized spacial score (nSPS) is 14.0. The molecule has 0 aliphatic heterocycles. The Balaban J connectivity index is 5.22. The number of hydrogen-bond donors (Lipinski definition) is 3. The first kappa shape index (κ1) is 98.1. The maximum Gasteiger partial charge on any atom is 0.472 e. The van der Waals surface area contributed by atoms with E-state index in [0.29, 0.717) is 25.7 Å². The van der Waals surface area contributed by atoms with Gasteiger partial charge in [0.2, 0.25) is 0 Å². The highest BCUT2D eigenvalue weighted by Gasteiger charge is 2.30. The zero-order valence-corrected chi connectivity index (χ0v) is 67.5. The Morgan fingerprint density at radius 1 is 0.270 bits per heavy atom. The maximum atomic E-state index is 13.1. The first-order chi connectivity index (χ1) is 48.2. The lowest BCUT2D eigenvalue weighted by molar-refractivity contribution is -0.161. The summed E-state index contributed by atoms with van der Waals surface area (Å²) in [6, 6.07) is 0. The van der Waals surface area contributed by atoms with Crippen molar-refractivity contribution in [1.29, 1.82) is 0 Å². The highest BCUT2D eigenvalue weighted by atomic mass is 31.2. The van der Waals surface area contributed by atoms with Crippen LogP contribution in [0.3, 0.4) is 0 Å². The van der Waals surface area contributed by atoms with E-state index in [9.17, 15) is 43.2 Å². The predicted molar refractivity (Wildman–Crippen MR) is 409 cm³/mol. The van der Waals surface area contributed by atoms with Crippen LogP contribution in [0.4, 0.5) is 0 Å². The second-order valence-electron chi connectivity index (χ2n) is 30.6. The fraction of sp³-hybridized carbons (Fsp3) is 0.951. The van der Waals surface area contributed by atoms with Crippen molar-refractivity contribution in [3.05, 3.63) is 0 Å². The summed E-state index contributed by atoms with van der Waals surface area (Å²) < 4.78 is 68.7. The third kappa shape index (κ3) is 74.3. The molecule has 19 heteroatoms. The standard InChI is InChI=1S/C81H158O17P2/c1-8-9-10-11-12-13-26-33-41-48-55-62-78(83)91-69-77(98-81(86)65-58-51-44-37-36-40-47-54-61-74(6)7)71-96-100(89,90)94-67-75(82)66-93-99(87,88)95-70-76(97-80(85)64-57-50-43-35-30-25-21-17-15-19-23-28-32-39-46-53-60-73(4)5)68-92-79(84)63-56-49-42-34-29-24-20-16-14-18-22-27-31-38-45-52-59-72(2)3/h72-77,82H,8-71H2,1-7H3,(H,87,88)(H,89,90)/t75-,76-,77-/m1/s1. The van der Waals surface area contributed by atoms with E-state index in [-0.39, 0.29) is 25.7 Å². The summed E-state index contributed by atoms with van der Waals surface area (Å²) in [7, 11) is -9.92. The predicted octanol–water partition coefficient (Wildman–Crippen LogP) is 24.1. The number of carbonyl (C=O) groups is 4. The van der Waals surface area contributed by atoms with Crippen LogP contribution in [0.25, 0.3) is 0 Å². The van der Waals surface area contributed by atoms with Gasteiger partial charge in [-0.3, -0.25) is 37.3 Å². The molecule has 3 N–H and O–H groups in total. The van der Waals surface area contributed by atoms with Crippen molar-refractivity contribution < 1.29 is 80.2 Å². The number of hydrogen-bond acceptors (Lipinski definition) is 15. The highest BCUT2D eigenvalue weighted by Crippen LogP contribution is 2.45. The molecule has 0 heterocycles. The largest absolute Gasteiger partial charge is 0.472 e. The van der Waals surface area contributed by atoms with Crippen LogP contribution in [0.15, 0.2) is 0 Å². The first-order valence-corrected chi connectivity index (χ1v) is 44.8. The van der Waals surface area contributed by atoms with Gasteiger partial charge in [-0.2, -0.15) is 0 Å². The molecule has 0 saturated carbocycles. The Kier molecular flexibility index (Phi) is 69.9. The van der Waals surface area contributed by atoms with Crippen molar-refractivity contribution >= 4 is 39.5 Å². The van der Waals surface area contributed by atoms with E-state index < -0.39 is 97.5 Å². The number of unbranched alkanes of at least 4 members (excludes halogenated alkanes) is 47. The van der Waals surface area contributed by atoms with Crippen molar-refractivity contribution in [2.75, 3.05) is 39.6 Å². The van der Waals surface area contributed by atoms with Gasteiger partial charge >= 0.3 is 39.5 Å². The molecule has 0 aromatic rings. The molecule has 0 spiro atoms. The molecule has 100 heavy (non-hydrogen) atoms. The van der Waals surface area contributed by atoms with Crippen LogP contribution in [-0.2, 0) is 65.4 Å². The molecule has 17 nitrogen and oxygen atoms in total. The molecule has 0 bridgehead atoms. The smallest absolute Gasteiger partial charge is 0.462 e. The summed E-state index contributed by atoms with van der Waals surface area (Å²) in [5.74, 6) is 0.228. The van der Waals surface area contributed by atoms with E-state index in [1.54, 1.807) is 0 Å². The number of aliphatic hydroxyl groups is 1. The van der Waals surface area contributed by atoms with Crippen LogP contribution in [0.5, 0.6) is 0 Å². The minimum atomic E-state index is -4.96. The Bertz CT molecular complexity index is 1940. The molecule has 0 aliphatic rings. The average molecular weight is 1470 g/mol. The summed E-state index contributed by atoms with van der Waals surface area (Å²) in [5.41, 5.74) is 0. The van der Waals surface area contributed by atoms with E-state index in [1.807, 2.05) is 0 Å². The highest BCUT2D eigenvalue weighted by molar-refractivity contribution is 7.47. The minimum Gasteiger partial charge on any atom is -0.462 e. The maximum absolute atomic E-state index is 13.1. The van der Waals surface area contributed by atoms with Crippen LogP contribution >= 0.6 is 15.6 Å². The SMILES string of the molecule is CCCCCCCCCCCCCC(=O)OC[C@H](COP(=O)(O)OC[C@H](O)COP(=O)(O)OC[C@@H](COC(=O)CCCCCCCCCCCCCCCCCCC(C)C)OC(=O)CCCCCCCCCCCCCCCCCCC(C)C)OC(=O)CCCCCCCCCCC(C)C. The fourth-order valence-corrected chi connectivity index (χ4v) is 14.1. The zero-order valence-electron chi connectivity index (χ0n) is 65.7. The molecular weight excluding hydrogens is 1310 g/mol. The van der Waals surface area contributed by atoms with Gasteiger partial charge in [0.15, 0.2) is 12.2 Å². The Morgan fingerprint density at radius 3 is 0.680 bits per heavy atom. The van der Waals surface area contributed by atoms with E-state index in [4.69, 9.17) is 37.0 Å². The zero-order chi connectivity index (χ0) is 73.7. The molecule has 5 atom stereocenters. The lowest BCUT2D eigenvalue weighted by atomic mass is 10.0. The van der Waals surface area contributed by atoms with E-state index in [1.165, 1.54) is 231 Å². The summed E-state index contributed by atoms with van der Waals surface area (Å²) in [4.78, 5) is 73.0. The minimum absolute atomic E-state index is 0.105. The van der Waals surface area contributed by atoms with Crippen molar-refractivity contribution in [2.45, 2.75) is 439 Å². The van der Waals surface area contributed by atoms with Crippen molar-refractivity contribution in [1.82, 2.24) is 0 Å². The number of aliphatic hydroxyl groups excluding tert-OH is 1. The summed E-state index contributed by atoms with van der Waals surface area (Å²) >= 11 is 0. The molecule has 0 aromatic heterocycles. The quantitative estimate of drug-likeness (QED) is 0.0222. The molecule has 0 saturated heterocycles. The summed E-state index contributed by atoms with van der Waals surface area (Å²) in [6.07, 6.45) is 59.7. The molecule has 0 radical (unpaired) electrons. The number of esters is 4. The molecule has 0 rings (SSSR count). The van der Waals surface area contributed by atoms with Gasteiger partial charge < -0.3 is 33.8 Å². The van der Waals surface area contributed by atoms with Gasteiger partial charge in [-0.15, -0.1) is 0 Å². The van der Waals surface area contributed by atoms with E-state index >= 15 is 0 Å². The Morgan fingerprint density at radius 2 is 0.460 bits per heavy atom. The van der Waals surface area contributed by atoms with Crippen molar-refractivity contribution in [3.63, 3.8) is 0 Å². The monoisotopic (exact) mass is 1470 g/mol. The fourth-order valence-electron chi connectivity index (χ4n) is 12.5. The first-order valence-electron chi connectivity index (χ1n) is 41.8. The van der Waals surface area contributed by atoms with Gasteiger partial charge in [-0.05, 0) is 43.4 Å². The van der Waals surface area contributed by atoms with E-state index in [0.717, 1.165) is 108 Å². The third-order valence-electron chi connectivity index (χ3n) is 18.9. The molecule has 0 aliphatic carbocycles. The number of carbonyl (C=O) groups excluding carboxylic acids is 4. The molecule has 0 fully saturated rings. The van der Waals surface area contributed by atoms with Crippen LogP contribution in [0, 0.1) is 17.8 Å². The van der Waals surface area contributed by atoms with Crippen LogP contribution in [0.1, 0.15) is 421 Å². The van der Waals surface area contributed by atoms with Gasteiger partial charge in [-0.1, -0.05) is 370 Å². The number of phosphoric ester groups is 2. The van der Waals surface area contributed by atoms with Crippen LogP contribution in [-0.4, -0.2) is 96.7 Å². The number of rotatable bonds is 79. The second-order valence-corrected chi connectivity index (χ2v) is 33.5. The molecule has 0 amide bonds. The third-order valence-corrected chi connectivity index (χ3v) is 20.8. The van der Waals surface area contributed by atoms with Crippen LogP contribution < -0.4 is 0 Å². The van der Waals surface area contributed by atoms with Gasteiger partial charge in [0.1, 0.15) is 19.3 Å². The Hall–Kier alpha value is -1.94. The van der Waals surface area contributed by atoms with Gasteiger partial charge in [0, 0.05) is 25.7 Å². The average Bonchev–Trinajstić information content (AvgIpc) is 0.914. The molecule has 0 aromatic carbocycles. The van der Waals surface area contributed by atoms with Crippen molar-refractivity contribution in [2.24, 2.45) is 17.8 Å². The van der Waals surface area contributed by atoms with Crippen molar-refractivity contribution in [3.8, 4) is 0 Å². The molecule has 594 valence electrons. The summed E-state index contributed by atoms with van der Waals surface area (Å²) in [6.45, 7) is 12.0. The van der Waals surface area contributed by atoms with Crippen LogP contribution in [0.2, 0.25) is 0 Å². The topological polar surface area (TPSA) is 237 Å². The molecular formula is C81H158O17P2. The number of ether oxygens (including phenoxy) is 4. The van der Waals surface area contributed by atoms with E-state index in [2.05, 4.69) is 48.5 Å². The number of phosphoric acid groups is 2. The Labute approximate surface area is 613 Å².